The van der Waals surface area contributed by atoms with Crippen LogP contribution in [0.4, 0.5) is 0 Å². The van der Waals surface area contributed by atoms with Gasteiger partial charge in [-0.05, 0) is 43.0 Å². The predicted octanol–water partition coefficient (Wildman–Crippen LogP) is 1.39. The zero-order valence-electron chi connectivity index (χ0n) is 8.94. The second kappa shape index (κ2) is 4.21. The number of hydrogen-bond donors (Lipinski definition) is 2. The molecule has 3 heteroatoms. The van der Waals surface area contributed by atoms with E-state index in [1.807, 2.05) is 18.2 Å². The summed E-state index contributed by atoms with van der Waals surface area (Å²) in [6.45, 7) is 2.05. The van der Waals surface area contributed by atoms with Gasteiger partial charge in [0.05, 0.1) is 6.10 Å². The van der Waals surface area contributed by atoms with Gasteiger partial charge in [0.2, 0.25) is 0 Å². The maximum atomic E-state index is 9.10. The zero-order valence-corrected chi connectivity index (χ0v) is 8.94. The molecule has 0 fully saturated rings. The van der Waals surface area contributed by atoms with Crippen LogP contribution in [0.3, 0.4) is 0 Å². The highest BCUT2D eigenvalue weighted by molar-refractivity contribution is 5.40. The maximum absolute atomic E-state index is 9.10. The molecule has 0 saturated heterocycles. The van der Waals surface area contributed by atoms with Gasteiger partial charge in [-0.25, -0.2) is 0 Å². The molecule has 3 N–H and O–H groups in total. The normalized spacial score (nSPS) is 21.1. The van der Waals surface area contributed by atoms with Crippen LogP contribution in [0, 0.1) is 0 Å². The largest absolute Gasteiger partial charge is 0.491 e. The van der Waals surface area contributed by atoms with Gasteiger partial charge >= 0.3 is 0 Å². The molecule has 1 aliphatic carbocycles. The Balaban J connectivity index is 2.09. The van der Waals surface area contributed by atoms with Crippen molar-refractivity contribution in [2.75, 3.05) is 6.61 Å². The van der Waals surface area contributed by atoms with Crippen LogP contribution in [0.1, 0.15) is 30.5 Å². The van der Waals surface area contributed by atoms with Crippen molar-refractivity contribution in [3.8, 4) is 5.75 Å². The first-order valence-electron chi connectivity index (χ1n) is 5.36. The van der Waals surface area contributed by atoms with E-state index in [1.165, 1.54) is 11.1 Å². The van der Waals surface area contributed by atoms with Gasteiger partial charge in [-0.15, -0.1) is 0 Å². The summed E-state index contributed by atoms with van der Waals surface area (Å²) in [6.07, 6.45) is 1.62. The summed E-state index contributed by atoms with van der Waals surface area (Å²) in [5.41, 5.74) is 8.46. The quantitative estimate of drug-likeness (QED) is 0.787. The van der Waals surface area contributed by atoms with Gasteiger partial charge in [0.1, 0.15) is 12.4 Å². The zero-order chi connectivity index (χ0) is 10.8. The summed E-state index contributed by atoms with van der Waals surface area (Å²) in [4.78, 5) is 0. The Bertz CT molecular complexity index is 349. The molecule has 0 saturated carbocycles. The molecule has 2 rings (SSSR count). The average molecular weight is 207 g/mol. The number of fused-ring (bicyclic) bond motifs is 1. The van der Waals surface area contributed by atoms with Gasteiger partial charge < -0.3 is 15.6 Å². The van der Waals surface area contributed by atoms with Crippen molar-refractivity contribution in [2.45, 2.75) is 31.9 Å². The lowest BCUT2D eigenvalue weighted by Gasteiger charge is -2.10. The highest BCUT2D eigenvalue weighted by Crippen LogP contribution is 2.31. The van der Waals surface area contributed by atoms with Crippen molar-refractivity contribution in [3.05, 3.63) is 29.3 Å². The van der Waals surface area contributed by atoms with Gasteiger partial charge in [-0.1, -0.05) is 6.07 Å². The number of aliphatic hydroxyl groups is 1. The number of nitrogens with two attached hydrogens (primary N) is 1. The highest BCUT2D eigenvalue weighted by atomic mass is 16.5. The minimum absolute atomic E-state index is 0.186. The van der Waals surface area contributed by atoms with Crippen molar-refractivity contribution in [1.29, 1.82) is 0 Å². The standard InChI is InChI=1S/C12H17NO2/c1-8(14)7-15-10-3-4-11-9(6-10)2-5-12(11)13/h3-4,6,8,12,14H,2,5,7,13H2,1H3/t8?,12-/m0/s1. The lowest BCUT2D eigenvalue weighted by atomic mass is 10.1. The minimum atomic E-state index is -0.430. The van der Waals surface area contributed by atoms with E-state index in [2.05, 4.69) is 0 Å². The van der Waals surface area contributed by atoms with Gasteiger partial charge in [0.15, 0.2) is 0 Å². The number of aliphatic hydroxyl groups excluding tert-OH is 1. The van der Waals surface area contributed by atoms with E-state index in [9.17, 15) is 0 Å². The van der Waals surface area contributed by atoms with Crippen molar-refractivity contribution >= 4 is 0 Å². The van der Waals surface area contributed by atoms with Gasteiger partial charge in [0, 0.05) is 6.04 Å². The number of hydrogen-bond acceptors (Lipinski definition) is 3. The molecular weight excluding hydrogens is 190 g/mol. The van der Waals surface area contributed by atoms with Gasteiger partial charge in [-0.2, -0.15) is 0 Å². The van der Waals surface area contributed by atoms with E-state index in [4.69, 9.17) is 15.6 Å². The van der Waals surface area contributed by atoms with Gasteiger partial charge in [-0.3, -0.25) is 0 Å². The molecule has 0 radical (unpaired) electrons. The molecule has 0 aliphatic heterocycles. The molecule has 2 atom stereocenters. The Kier molecular flexibility index (Phi) is 2.93. The van der Waals surface area contributed by atoms with Crippen LogP contribution in [0.15, 0.2) is 18.2 Å². The van der Waals surface area contributed by atoms with Crippen LogP contribution < -0.4 is 10.5 Å². The molecule has 1 aromatic carbocycles. The van der Waals surface area contributed by atoms with Crippen molar-refractivity contribution in [3.63, 3.8) is 0 Å². The number of rotatable bonds is 3. The van der Waals surface area contributed by atoms with E-state index in [0.29, 0.717) is 6.61 Å². The highest BCUT2D eigenvalue weighted by Gasteiger charge is 2.18. The van der Waals surface area contributed by atoms with Crippen LogP contribution in [0.25, 0.3) is 0 Å². The van der Waals surface area contributed by atoms with Crippen molar-refractivity contribution in [2.24, 2.45) is 5.73 Å². The molecule has 82 valence electrons. The number of benzene rings is 1. The second-order valence-electron chi connectivity index (χ2n) is 4.17. The van der Waals surface area contributed by atoms with Crippen molar-refractivity contribution < 1.29 is 9.84 Å². The van der Waals surface area contributed by atoms with E-state index in [0.717, 1.165) is 18.6 Å². The van der Waals surface area contributed by atoms with E-state index >= 15 is 0 Å². The Morgan fingerprint density at radius 3 is 3.13 bits per heavy atom. The Morgan fingerprint density at radius 1 is 1.60 bits per heavy atom. The first-order chi connectivity index (χ1) is 7.16. The predicted molar refractivity (Wildman–Crippen MR) is 58.9 cm³/mol. The minimum Gasteiger partial charge on any atom is -0.491 e. The van der Waals surface area contributed by atoms with Gasteiger partial charge in [0.25, 0.3) is 0 Å². The van der Waals surface area contributed by atoms with Crippen LogP contribution in [0.2, 0.25) is 0 Å². The topological polar surface area (TPSA) is 55.5 Å². The number of aryl methyl sites for hydroxylation is 1. The fourth-order valence-corrected chi connectivity index (χ4v) is 1.93. The molecule has 0 heterocycles. The first kappa shape index (κ1) is 10.5. The van der Waals surface area contributed by atoms with Crippen LogP contribution in [-0.2, 0) is 6.42 Å². The molecule has 1 aromatic rings. The molecule has 0 bridgehead atoms. The van der Waals surface area contributed by atoms with E-state index < -0.39 is 6.10 Å². The molecule has 15 heavy (non-hydrogen) atoms. The van der Waals surface area contributed by atoms with Crippen molar-refractivity contribution in [1.82, 2.24) is 0 Å². The van der Waals surface area contributed by atoms with Crippen LogP contribution in [0.5, 0.6) is 5.75 Å². The third-order valence-corrected chi connectivity index (χ3v) is 2.73. The Labute approximate surface area is 89.9 Å². The molecule has 1 unspecified atom stereocenters. The summed E-state index contributed by atoms with van der Waals surface area (Å²) in [7, 11) is 0. The SMILES string of the molecule is CC(O)COc1ccc2c(c1)CC[C@@H]2N. The van der Waals surface area contributed by atoms with Crippen LogP contribution in [-0.4, -0.2) is 17.8 Å². The van der Waals surface area contributed by atoms with E-state index in [-0.39, 0.29) is 6.04 Å². The Hall–Kier alpha value is -1.06. The maximum Gasteiger partial charge on any atom is 0.119 e. The first-order valence-corrected chi connectivity index (χ1v) is 5.36. The van der Waals surface area contributed by atoms with E-state index in [1.54, 1.807) is 6.92 Å². The lowest BCUT2D eigenvalue weighted by molar-refractivity contribution is 0.122. The summed E-state index contributed by atoms with van der Waals surface area (Å²) in [6, 6.07) is 6.17. The summed E-state index contributed by atoms with van der Waals surface area (Å²) in [5.74, 6) is 0.823. The smallest absolute Gasteiger partial charge is 0.119 e. The third-order valence-electron chi connectivity index (χ3n) is 2.73. The molecule has 0 amide bonds. The second-order valence-corrected chi connectivity index (χ2v) is 4.17. The summed E-state index contributed by atoms with van der Waals surface area (Å²) >= 11 is 0. The molecule has 0 aromatic heterocycles. The molecule has 1 aliphatic rings. The molecule has 3 nitrogen and oxygen atoms in total. The van der Waals surface area contributed by atoms with Crippen LogP contribution >= 0.6 is 0 Å². The number of ether oxygens (including phenoxy) is 1. The summed E-state index contributed by atoms with van der Waals surface area (Å²) in [5, 5.41) is 9.10. The fourth-order valence-electron chi connectivity index (χ4n) is 1.93. The fraction of sp³-hybridized carbons (Fsp3) is 0.500. The summed E-state index contributed by atoms with van der Waals surface area (Å²) < 4.78 is 5.44. The lowest BCUT2D eigenvalue weighted by Crippen LogP contribution is -2.13. The molecule has 0 spiro atoms. The third kappa shape index (κ3) is 2.30. The monoisotopic (exact) mass is 207 g/mol. The Morgan fingerprint density at radius 2 is 2.40 bits per heavy atom. The average Bonchev–Trinajstić information content (AvgIpc) is 2.57. The molecular formula is C12H17NO2.